The van der Waals surface area contributed by atoms with Gasteiger partial charge in [-0.2, -0.15) is 0 Å². The molecule has 0 aliphatic carbocycles. The summed E-state index contributed by atoms with van der Waals surface area (Å²) >= 11 is 5.62. The van der Waals surface area contributed by atoms with Gasteiger partial charge in [-0.15, -0.1) is 0 Å². The van der Waals surface area contributed by atoms with E-state index < -0.39 is 0 Å². The minimum Gasteiger partial charge on any atom is -0.380 e. The molecule has 1 aromatic carbocycles. The van der Waals surface area contributed by atoms with Crippen LogP contribution in [0.2, 0.25) is 5.02 Å². The highest BCUT2D eigenvalue weighted by Gasteiger charge is 2.08. The average molecular weight is 246 g/mol. The zero-order chi connectivity index (χ0) is 12.0. The standard InChI is InChI=1S/C12H17ClFNO/c1-3-16-8-10(15-2)6-9-4-5-11(13)12(14)7-9/h4-5,7,10,15H,3,6,8H2,1-2H3. The van der Waals surface area contributed by atoms with Crippen LogP contribution in [-0.2, 0) is 11.2 Å². The van der Waals surface area contributed by atoms with Gasteiger partial charge < -0.3 is 10.1 Å². The zero-order valence-electron chi connectivity index (χ0n) is 9.59. The second-order valence-corrected chi connectivity index (χ2v) is 4.00. The molecule has 16 heavy (non-hydrogen) atoms. The molecule has 0 fully saturated rings. The van der Waals surface area contributed by atoms with E-state index in [1.807, 2.05) is 20.0 Å². The molecule has 1 rings (SSSR count). The predicted molar refractivity (Wildman–Crippen MR) is 64.5 cm³/mol. The molecule has 1 atom stereocenters. The number of halogens is 2. The first kappa shape index (κ1) is 13.4. The summed E-state index contributed by atoms with van der Waals surface area (Å²) in [5.41, 5.74) is 0.918. The maximum Gasteiger partial charge on any atom is 0.142 e. The van der Waals surface area contributed by atoms with Crippen molar-refractivity contribution in [3.63, 3.8) is 0 Å². The number of benzene rings is 1. The topological polar surface area (TPSA) is 21.3 Å². The van der Waals surface area contributed by atoms with Crippen molar-refractivity contribution >= 4 is 11.6 Å². The molecule has 1 aromatic rings. The van der Waals surface area contributed by atoms with Crippen LogP contribution in [0.3, 0.4) is 0 Å². The first-order valence-electron chi connectivity index (χ1n) is 5.36. The summed E-state index contributed by atoms with van der Waals surface area (Å²) in [6.45, 7) is 3.26. The lowest BCUT2D eigenvalue weighted by Gasteiger charge is -2.16. The minimum absolute atomic E-state index is 0.162. The molecule has 1 unspecified atom stereocenters. The zero-order valence-corrected chi connectivity index (χ0v) is 10.4. The highest BCUT2D eigenvalue weighted by molar-refractivity contribution is 6.30. The predicted octanol–water partition coefficient (Wildman–Crippen LogP) is 2.65. The Bertz CT molecular complexity index is 333. The third-order valence-electron chi connectivity index (χ3n) is 2.40. The molecular weight excluding hydrogens is 229 g/mol. The first-order chi connectivity index (χ1) is 7.67. The molecule has 90 valence electrons. The number of hydrogen-bond donors (Lipinski definition) is 1. The third-order valence-corrected chi connectivity index (χ3v) is 2.70. The van der Waals surface area contributed by atoms with Gasteiger partial charge in [-0.25, -0.2) is 4.39 Å². The third kappa shape index (κ3) is 4.08. The number of nitrogens with one attached hydrogen (secondary N) is 1. The summed E-state index contributed by atoms with van der Waals surface area (Å²) in [4.78, 5) is 0. The van der Waals surface area contributed by atoms with Crippen molar-refractivity contribution in [1.82, 2.24) is 5.32 Å². The van der Waals surface area contributed by atoms with Gasteiger partial charge in [0.1, 0.15) is 5.82 Å². The Balaban J connectivity index is 2.59. The summed E-state index contributed by atoms with van der Waals surface area (Å²) in [6, 6.07) is 5.08. The van der Waals surface area contributed by atoms with Crippen LogP contribution < -0.4 is 5.32 Å². The van der Waals surface area contributed by atoms with Gasteiger partial charge in [-0.3, -0.25) is 0 Å². The van der Waals surface area contributed by atoms with Gasteiger partial charge in [-0.1, -0.05) is 17.7 Å². The largest absolute Gasteiger partial charge is 0.380 e. The summed E-state index contributed by atoms with van der Waals surface area (Å²) in [5.74, 6) is -0.370. The fraction of sp³-hybridized carbons (Fsp3) is 0.500. The number of ether oxygens (including phenoxy) is 1. The molecule has 0 aliphatic heterocycles. The van der Waals surface area contributed by atoms with Gasteiger partial charge in [0.05, 0.1) is 11.6 Å². The van der Waals surface area contributed by atoms with Crippen LogP contribution in [0.5, 0.6) is 0 Å². The Morgan fingerprint density at radius 1 is 1.50 bits per heavy atom. The minimum atomic E-state index is -0.370. The van der Waals surface area contributed by atoms with E-state index in [1.165, 1.54) is 6.07 Å². The van der Waals surface area contributed by atoms with Crippen molar-refractivity contribution in [3.8, 4) is 0 Å². The second kappa shape index (κ2) is 6.84. The molecule has 0 radical (unpaired) electrons. The van der Waals surface area contributed by atoms with Crippen molar-refractivity contribution in [3.05, 3.63) is 34.6 Å². The molecule has 0 aromatic heterocycles. The van der Waals surface area contributed by atoms with Crippen molar-refractivity contribution in [2.75, 3.05) is 20.3 Å². The van der Waals surface area contributed by atoms with Crippen molar-refractivity contribution < 1.29 is 9.13 Å². The average Bonchev–Trinajstić information content (AvgIpc) is 2.29. The SMILES string of the molecule is CCOCC(Cc1ccc(Cl)c(F)c1)NC. The van der Waals surface area contributed by atoms with Gasteiger partial charge in [0, 0.05) is 12.6 Å². The lowest BCUT2D eigenvalue weighted by molar-refractivity contribution is 0.125. The lowest BCUT2D eigenvalue weighted by atomic mass is 10.1. The molecule has 0 bridgehead atoms. The van der Waals surface area contributed by atoms with Crippen molar-refractivity contribution in [1.29, 1.82) is 0 Å². The van der Waals surface area contributed by atoms with E-state index in [2.05, 4.69) is 5.32 Å². The fourth-order valence-corrected chi connectivity index (χ4v) is 1.57. The molecule has 0 saturated heterocycles. The highest BCUT2D eigenvalue weighted by atomic mass is 35.5. The summed E-state index contributed by atoms with van der Waals surface area (Å²) < 4.78 is 18.5. The van der Waals surface area contributed by atoms with E-state index >= 15 is 0 Å². The lowest BCUT2D eigenvalue weighted by Crippen LogP contribution is -2.32. The van der Waals surface area contributed by atoms with E-state index in [4.69, 9.17) is 16.3 Å². The smallest absolute Gasteiger partial charge is 0.142 e. The molecular formula is C12H17ClFNO. The number of hydrogen-bond acceptors (Lipinski definition) is 2. The highest BCUT2D eigenvalue weighted by Crippen LogP contribution is 2.16. The Labute approximate surface area is 101 Å². The Kier molecular flexibility index (Phi) is 5.74. The van der Waals surface area contributed by atoms with Gasteiger partial charge in [0.15, 0.2) is 0 Å². The van der Waals surface area contributed by atoms with Crippen LogP contribution >= 0.6 is 11.6 Å². The van der Waals surface area contributed by atoms with E-state index in [0.717, 1.165) is 12.0 Å². The molecule has 4 heteroatoms. The van der Waals surface area contributed by atoms with Crippen LogP contribution in [0, 0.1) is 5.82 Å². The Morgan fingerprint density at radius 3 is 2.81 bits per heavy atom. The summed E-state index contributed by atoms with van der Waals surface area (Å²) in [5, 5.41) is 3.30. The second-order valence-electron chi connectivity index (χ2n) is 3.60. The van der Waals surface area contributed by atoms with E-state index in [0.29, 0.717) is 13.2 Å². The van der Waals surface area contributed by atoms with Crippen LogP contribution in [0.1, 0.15) is 12.5 Å². The van der Waals surface area contributed by atoms with Crippen LogP contribution in [0.4, 0.5) is 4.39 Å². The van der Waals surface area contributed by atoms with Crippen LogP contribution in [-0.4, -0.2) is 26.3 Å². The Morgan fingerprint density at radius 2 is 2.25 bits per heavy atom. The normalized spacial score (nSPS) is 12.8. The maximum absolute atomic E-state index is 13.2. The van der Waals surface area contributed by atoms with Crippen LogP contribution in [0.25, 0.3) is 0 Å². The molecule has 0 heterocycles. The van der Waals surface area contributed by atoms with E-state index in [9.17, 15) is 4.39 Å². The molecule has 1 N–H and O–H groups in total. The van der Waals surface area contributed by atoms with Crippen molar-refractivity contribution in [2.45, 2.75) is 19.4 Å². The maximum atomic E-state index is 13.2. The molecule has 0 saturated carbocycles. The Hall–Kier alpha value is -0.640. The van der Waals surface area contributed by atoms with Gasteiger partial charge in [0.25, 0.3) is 0 Å². The molecule has 0 aliphatic rings. The summed E-state index contributed by atoms with van der Waals surface area (Å²) in [7, 11) is 1.87. The van der Waals surface area contributed by atoms with Crippen molar-refractivity contribution in [2.24, 2.45) is 0 Å². The first-order valence-corrected chi connectivity index (χ1v) is 5.74. The fourth-order valence-electron chi connectivity index (χ4n) is 1.46. The summed E-state index contributed by atoms with van der Waals surface area (Å²) in [6.07, 6.45) is 0.727. The van der Waals surface area contributed by atoms with Crippen LogP contribution in [0.15, 0.2) is 18.2 Å². The quantitative estimate of drug-likeness (QED) is 0.832. The van der Waals surface area contributed by atoms with Gasteiger partial charge >= 0.3 is 0 Å². The molecule has 2 nitrogen and oxygen atoms in total. The number of likely N-dealkylation sites (N-methyl/N-ethyl adjacent to an activating group) is 1. The van der Waals surface area contributed by atoms with E-state index in [1.54, 1.807) is 6.07 Å². The van der Waals surface area contributed by atoms with Gasteiger partial charge in [0.2, 0.25) is 0 Å². The monoisotopic (exact) mass is 245 g/mol. The van der Waals surface area contributed by atoms with Gasteiger partial charge in [-0.05, 0) is 38.1 Å². The van der Waals surface area contributed by atoms with E-state index in [-0.39, 0.29) is 16.9 Å². The number of rotatable bonds is 6. The molecule has 0 spiro atoms. The molecule has 0 amide bonds.